The maximum absolute atomic E-state index is 3.76. The van der Waals surface area contributed by atoms with Crippen LogP contribution >= 0.6 is 0 Å². The van der Waals surface area contributed by atoms with Crippen molar-refractivity contribution in [2.45, 2.75) is 71.3 Å². The van der Waals surface area contributed by atoms with Gasteiger partial charge >= 0.3 is 0 Å². The van der Waals surface area contributed by atoms with Crippen molar-refractivity contribution in [3.63, 3.8) is 0 Å². The minimum atomic E-state index is 0.517. The van der Waals surface area contributed by atoms with Gasteiger partial charge in [0.1, 0.15) is 0 Å². The Bertz CT molecular complexity index is 147. The molecule has 0 aromatic rings. The van der Waals surface area contributed by atoms with Crippen LogP contribution in [-0.2, 0) is 0 Å². The van der Waals surface area contributed by atoms with Crippen LogP contribution in [0.15, 0.2) is 0 Å². The van der Waals surface area contributed by atoms with Crippen LogP contribution in [0.1, 0.15) is 65.7 Å². The van der Waals surface area contributed by atoms with Crippen molar-refractivity contribution in [2.75, 3.05) is 6.54 Å². The molecular weight excluding hydrogens is 170 g/mol. The molecule has 0 aliphatic carbocycles. The summed E-state index contributed by atoms with van der Waals surface area (Å²) in [6.07, 6.45) is 9.63. The average Bonchev–Trinajstić information content (AvgIpc) is 2.54. The van der Waals surface area contributed by atoms with Crippen molar-refractivity contribution < 1.29 is 0 Å². The molecule has 1 saturated heterocycles. The van der Waals surface area contributed by atoms with Gasteiger partial charge in [-0.25, -0.2) is 0 Å². The lowest BCUT2D eigenvalue weighted by molar-refractivity contribution is 0.265. The Kier molecular flexibility index (Phi) is 4.94. The fourth-order valence-corrected chi connectivity index (χ4v) is 3.10. The minimum Gasteiger partial charge on any atom is -0.311 e. The lowest BCUT2D eigenvalue weighted by atomic mass is 9.82. The van der Waals surface area contributed by atoms with Gasteiger partial charge in [0.2, 0.25) is 0 Å². The summed E-state index contributed by atoms with van der Waals surface area (Å²) in [7, 11) is 0. The van der Waals surface area contributed by atoms with Crippen LogP contribution in [0.5, 0.6) is 0 Å². The SMILES string of the molecule is CCCC(C)CC1(CCC)CCCN1. The Morgan fingerprint density at radius 2 is 2.07 bits per heavy atom. The molecule has 1 aliphatic heterocycles. The molecule has 14 heavy (non-hydrogen) atoms. The lowest BCUT2D eigenvalue weighted by Crippen LogP contribution is -2.41. The Morgan fingerprint density at radius 1 is 1.29 bits per heavy atom. The number of hydrogen-bond donors (Lipinski definition) is 1. The topological polar surface area (TPSA) is 12.0 Å². The monoisotopic (exact) mass is 197 g/mol. The van der Waals surface area contributed by atoms with Crippen LogP contribution in [0.2, 0.25) is 0 Å². The second-order valence-electron chi connectivity index (χ2n) is 5.16. The van der Waals surface area contributed by atoms with Gasteiger partial charge in [0, 0.05) is 5.54 Å². The predicted molar refractivity (Wildman–Crippen MR) is 63.6 cm³/mol. The number of rotatable bonds is 6. The normalized spacial score (nSPS) is 29.4. The highest BCUT2D eigenvalue weighted by Gasteiger charge is 2.33. The average molecular weight is 197 g/mol. The molecule has 1 nitrogen and oxygen atoms in total. The Balaban J connectivity index is 2.42. The maximum Gasteiger partial charge on any atom is 0.0184 e. The molecule has 0 amide bonds. The standard InChI is InChI=1S/C13H27N/c1-4-7-12(3)11-13(8-5-2)9-6-10-14-13/h12,14H,4-11H2,1-3H3. The van der Waals surface area contributed by atoms with Gasteiger partial charge in [-0.1, -0.05) is 40.0 Å². The molecule has 1 rings (SSSR count). The third-order valence-corrected chi connectivity index (χ3v) is 3.58. The highest BCUT2D eigenvalue weighted by molar-refractivity contribution is 4.93. The van der Waals surface area contributed by atoms with Gasteiger partial charge < -0.3 is 5.32 Å². The third-order valence-electron chi connectivity index (χ3n) is 3.58. The van der Waals surface area contributed by atoms with Gasteiger partial charge in [-0.2, -0.15) is 0 Å². The first kappa shape index (κ1) is 12.0. The summed E-state index contributed by atoms with van der Waals surface area (Å²) in [6, 6.07) is 0. The molecule has 84 valence electrons. The van der Waals surface area contributed by atoms with E-state index in [1.165, 1.54) is 51.5 Å². The molecule has 1 heterocycles. The van der Waals surface area contributed by atoms with Gasteiger partial charge in [0.15, 0.2) is 0 Å². The van der Waals surface area contributed by atoms with E-state index in [2.05, 4.69) is 26.1 Å². The minimum absolute atomic E-state index is 0.517. The molecule has 1 N–H and O–H groups in total. The van der Waals surface area contributed by atoms with E-state index in [0.717, 1.165) is 5.92 Å². The zero-order chi connectivity index (χ0) is 10.4. The van der Waals surface area contributed by atoms with Crippen LogP contribution in [0, 0.1) is 5.92 Å². The van der Waals surface area contributed by atoms with E-state index < -0.39 is 0 Å². The molecule has 0 aromatic heterocycles. The van der Waals surface area contributed by atoms with Crippen molar-refractivity contribution >= 4 is 0 Å². The summed E-state index contributed by atoms with van der Waals surface area (Å²) < 4.78 is 0. The molecule has 0 spiro atoms. The van der Waals surface area contributed by atoms with Gasteiger partial charge in [0.05, 0.1) is 0 Å². The van der Waals surface area contributed by atoms with Crippen molar-refractivity contribution in [1.29, 1.82) is 0 Å². The van der Waals surface area contributed by atoms with Crippen LogP contribution < -0.4 is 5.32 Å². The van der Waals surface area contributed by atoms with Crippen molar-refractivity contribution in [3.8, 4) is 0 Å². The summed E-state index contributed by atoms with van der Waals surface area (Å²) >= 11 is 0. The van der Waals surface area contributed by atoms with Crippen LogP contribution in [0.4, 0.5) is 0 Å². The zero-order valence-electron chi connectivity index (χ0n) is 10.2. The quantitative estimate of drug-likeness (QED) is 0.684. The highest BCUT2D eigenvalue weighted by atomic mass is 15.0. The van der Waals surface area contributed by atoms with Crippen molar-refractivity contribution in [1.82, 2.24) is 5.32 Å². The molecule has 0 aromatic carbocycles. The molecule has 1 heteroatoms. The first-order chi connectivity index (χ1) is 6.72. The van der Waals surface area contributed by atoms with Crippen LogP contribution in [0.3, 0.4) is 0 Å². The summed E-state index contributed by atoms with van der Waals surface area (Å²) in [5, 5.41) is 3.76. The van der Waals surface area contributed by atoms with E-state index in [0.29, 0.717) is 5.54 Å². The van der Waals surface area contributed by atoms with Crippen LogP contribution in [-0.4, -0.2) is 12.1 Å². The maximum atomic E-state index is 3.76. The predicted octanol–water partition coefficient (Wildman–Crippen LogP) is 3.74. The van der Waals surface area contributed by atoms with E-state index in [1.54, 1.807) is 0 Å². The van der Waals surface area contributed by atoms with Crippen LogP contribution in [0.25, 0.3) is 0 Å². The van der Waals surface area contributed by atoms with Gasteiger partial charge in [-0.05, 0) is 38.1 Å². The molecule has 2 unspecified atom stereocenters. The fourth-order valence-electron chi connectivity index (χ4n) is 3.10. The second kappa shape index (κ2) is 5.75. The Labute approximate surface area is 89.7 Å². The molecular formula is C13H27N. The van der Waals surface area contributed by atoms with E-state index in [1.807, 2.05) is 0 Å². The molecule has 2 atom stereocenters. The first-order valence-electron chi connectivity index (χ1n) is 6.47. The number of hydrogen-bond acceptors (Lipinski definition) is 1. The van der Waals surface area contributed by atoms with E-state index in [-0.39, 0.29) is 0 Å². The van der Waals surface area contributed by atoms with Crippen molar-refractivity contribution in [3.05, 3.63) is 0 Å². The zero-order valence-corrected chi connectivity index (χ0v) is 10.2. The van der Waals surface area contributed by atoms with E-state index in [4.69, 9.17) is 0 Å². The lowest BCUT2D eigenvalue weighted by Gasteiger charge is -2.32. The first-order valence-corrected chi connectivity index (χ1v) is 6.47. The van der Waals surface area contributed by atoms with E-state index >= 15 is 0 Å². The summed E-state index contributed by atoms with van der Waals surface area (Å²) in [6.45, 7) is 8.27. The second-order valence-corrected chi connectivity index (χ2v) is 5.16. The van der Waals surface area contributed by atoms with E-state index in [9.17, 15) is 0 Å². The fraction of sp³-hybridized carbons (Fsp3) is 1.00. The molecule has 1 fully saturated rings. The number of nitrogens with one attached hydrogen (secondary N) is 1. The Hall–Kier alpha value is -0.0400. The highest BCUT2D eigenvalue weighted by Crippen LogP contribution is 2.32. The molecule has 1 aliphatic rings. The van der Waals surface area contributed by atoms with Gasteiger partial charge in [-0.3, -0.25) is 0 Å². The summed E-state index contributed by atoms with van der Waals surface area (Å²) in [5.41, 5.74) is 0.517. The van der Waals surface area contributed by atoms with Gasteiger partial charge in [-0.15, -0.1) is 0 Å². The van der Waals surface area contributed by atoms with Crippen molar-refractivity contribution in [2.24, 2.45) is 5.92 Å². The Morgan fingerprint density at radius 3 is 2.57 bits per heavy atom. The smallest absolute Gasteiger partial charge is 0.0184 e. The molecule has 0 bridgehead atoms. The summed E-state index contributed by atoms with van der Waals surface area (Å²) in [4.78, 5) is 0. The third kappa shape index (κ3) is 3.27. The largest absolute Gasteiger partial charge is 0.311 e. The molecule has 0 saturated carbocycles. The molecule has 0 radical (unpaired) electrons. The van der Waals surface area contributed by atoms with Gasteiger partial charge in [0.25, 0.3) is 0 Å². The summed E-state index contributed by atoms with van der Waals surface area (Å²) in [5.74, 6) is 0.900.